The molecule has 92 valence electrons. The maximum atomic E-state index is 11.9. The van der Waals surface area contributed by atoms with Gasteiger partial charge in [-0.1, -0.05) is 15.9 Å². The zero-order valence-electron chi connectivity index (χ0n) is 8.93. The van der Waals surface area contributed by atoms with Crippen molar-refractivity contribution < 1.29 is 13.2 Å². The highest BCUT2D eigenvalue weighted by Gasteiger charge is 2.41. The second-order valence-electron chi connectivity index (χ2n) is 4.16. The van der Waals surface area contributed by atoms with Crippen molar-refractivity contribution in [1.29, 1.82) is 0 Å². The van der Waals surface area contributed by atoms with Crippen LogP contribution in [0.5, 0.6) is 0 Å². The molecule has 2 fully saturated rings. The van der Waals surface area contributed by atoms with Crippen molar-refractivity contribution in [3.05, 3.63) is 0 Å². The second-order valence-corrected chi connectivity index (χ2v) is 6.93. The first-order chi connectivity index (χ1) is 7.55. The molecule has 1 saturated carbocycles. The largest absolute Gasteiger partial charge is 0.339 e. The molecule has 0 atom stereocenters. The fraction of sp³-hybridized carbons (Fsp3) is 0.889. The van der Waals surface area contributed by atoms with E-state index in [1.54, 1.807) is 4.90 Å². The lowest BCUT2D eigenvalue weighted by Crippen LogP contribution is -2.51. The van der Waals surface area contributed by atoms with E-state index in [0.29, 0.717) is 31.5 Å². The van der Waals surface area contributed by atoms with E-state index < -0.39 is 10.0 Å². The average molecular weight is 311 g/mol. The molecule has 2 rings (SSSR count). The van der Waals surface area contributed by atoms with E-state index in [2.05, 4.69) is 15.9 Å². The van der Waals surface area contributed by atoms with Crippen molar-refractivity contribution in [2.75, 3.05) is 31.5 Å². The topological polar surface area (TPSA) is 57.7 Å². The summed E-state index contributed by atoms with van der Waals surface area (Å²) in [6.45, 7) is 1.90. The molecule has 7 heteroatoms. The average Bonchev–Trinajstić information content (AvgIpc) is 3.12. The Balaban J connectivity index is 1.92. The molecule has 1 amide bonds. The third-order valence-electron chi connectivity index (χ3n) is 3.01. The number of nitrogens with zero attached hydrogens (tertiary/aromatic N) is 2. The van der Waals surface area contributed by atoms with E-state index in [1.807, 2.05) is 0 Å². The van der Waals surface area contributed by atoms with Crippen molar-refractivity contribution >= 4 is 31.9 Å². The van der Waals surface area contributed by atoms with Gasteiger partial charge >= 0.3 is 0 Å². The van der Waals surface area contributed by atoms with Gasteiger partial charge in [-0.2, -0.15) is 4.31 Å². The Morgan fingerprint density at radius 2 is 1.75 bits per heavy atom. The Bertz CT molecular complexity index is 372. The SMILES string of the molecule is O=C(CBr)N1CCN(S(=O)(=O)C2CC2)CC1. The van der Waals surface area contributed by atoms with Crippen LogP contribution in [-0.2, 0) is 14.8 Å². The van der Waals surface area contributed by atoms with E-state index in [1.165, 1.54) is 4.31 Å². The Morgan fingerprint density at radius 3 is 2.19 bits per heavy atom. The number of hydrogen-bond acceptors (Lipinski definition) is 3. The Kier molecular flexibility index (Phi) is 3.56. The van der Waals surface area contributed by atoms with Gasteiger partial charge in [0.2, 0.25) is 15.9 Å². The molecule has 0 spiro atoms. The van der Waals surface area contributed by atoms with Crippen LogP contribution in [0.25, 0.3) is 0 Å². The summed E-state index contributed by atoms with van der Waals surface area (Å²) in [7, 11) is -3.06. The van der Waals surface area contributed by atoms with Crippen molar-refractivity contribution in [3.63, 3.8) is 0 Å². The molecule has 0 bridgehead atoms. The quantitative estimate of drug-likeness (QED) is 0.690. The monoisotopic (exact) mass is 310 g/mol. The van der Waals surface area contributed by atoms with E-state index in [0.717, 1.165) is 12.8 Å². The summed E-state index contributed by atoms with van der Waals surface area (Å²) in [4.78, 5) is 13.1. The van der Waals surface area contributed by atoms with Gasteiger partial charge in [0.05, 0.1) is 10.6 Å². The van der Waals surface area contributed by atoms with Crippen LogP contribution in [-0.4, -0.2) is 60.3 Å². The fourth-order valence-electron chi connectivity index (χ4n) is 1.85. The molecule has 1 aliphatic heterocycles. The maximum absolute atomic E-state index is 11.9. The predicted molar refractivity (Wildman–Crippen MR) is 63.9 cm³/mol. The minimum atomic E-state index is -3.06. The lowest BCUT2D eigenvalue weighted by molar-refractivity contribution is -0.129. The fourth-order valence-corrected chi connectivity index (χ4v) is 4.03. The second kappa shape index (κ2) is 4.62. The molecule has 16 heavy (non-hydrogen) atoms. The molecule has 0 aromatic carbocycles. The highest BCUT2D eigenvalue weighted by molar-refractivity contribution is 9.09. The van der Waals surface area contributed by atoms with Gasteiger partial charge in [0.25, 0.3) is 0 Å². The number of amides is 1. The molecule has 5 nitrogen and oxygen atoms in total. The third-order valence-corrected chi connectivity index (χ3v) is 5.89. The molecule has 0 aromatic rings. The number of halogens is 1. The van der Waals surface area contributed by atoms with Crippen molar-refractivity contribution in [2.24, 2.45) is 0 Å². The Labute approximate surface area is 104 Å². The Morgan fingerprint density at radius 1 is 1.19 bits per heavy atom. The number of rotatable bonds is 3. The van der Waals surface area contributed by atoms with Crippen LogP contribution < -0.4 is 0 Å². The minimum absolute atomic E-state index is 0.0310. The number of hydrogen-bond donors (Lipinski definition) is 0. The molecule has 2 aliphatic rings. The van der Waals surface area contributed by atoms with Gasteiger partial charge in [0.1, 0.15) is 0 Å². The summed E-state index contributed by atoms with van der Waals surface area (Å²) in [6, 6.07) is 0. The summed E-state index contributed by atoms with van der Waals surface area (Å²) < 4.78 is 25.3. The molecular formula is C9H15BrN2O3S. The van der Waals surface area contributed by atoms with Gasteiger partial charge in [0.15, 0.2) is 0 Å². The number of carbonyl (C=O) groups excluding carboxylic acids is 1. The minimum Gasteiger partial charge on any atom is -0.339 e. The number of carbonyl (C=O) groups is 1. The van der Waals surface area contributed by atoms with Gasteiger partial charge in [-0.3, -0.25) is 4.79 Å². The van der Waals surface area contributed by atoms with E-state index in [4.69, 9.17) is 0 Å². The molecule has 0 aromatic heterocycles. The van der Waals surface area contributed by atoms with Crippen LogP contribution in [0.4, 0.5) is 0 Å². The van der Waals surface area contributed by atoms with E-state index >= 15 is 0 Å². The standard InChI is InChI=1S/C9H15BrN2O3S/c10-7-9(13)11-3-5-12(6-4-11)16(14,15)8-1-2-8/h8H,1-7H2. The van der Waals surface area contributed by atoms with E-state index in [-0.39, 0.29) is 11.2 Å². The summed E-state index contributed by atoms with van der Waals surface area (Å²) in [5, 5.41) is 0.161. The summed E-state index contributed by atoms with van der Waals surface area (Å²) in [5.74, 6) is 0.0310. The maximum Gasteiger partial charge on any atom is 0.233 e. The van der Waals surface area contributed by atoms with Crippen molar-refractivity contribution in [2.45, 2.75) is 18.1 Å². The highest BCUT2D eigenvalue weighted by atomic mass is 79.9. The lowest BCUT2D eigenvalue weighted by Gasteiger charge is -2.33. The zero-order chi connectivity index (χ0) is 11.8. The first-order valence-electron chi connectivity index (χ1n) is 5.38. The van der Waals surface area contributed by atoms with Crippen LogP contribution in [0, 0.1) is 0 Å². The summed E-state index contributed by atoms with van der Waals surface area (Å²) in [6.07, 6.45) is 1.59. The summed E-state index contributed by atoms with van der Waals surface area (Å²) in [5.41, 5.74) is 0. The van der Waals surface area contributed by atoms with Crippen LogP contribution >= 0.6 is 15.9 Å². The van der Waals surface area contributed by atoms with Gasteiger partial charge < -0.3 is 4.90 Å². The van der Waals surface area contributed by atoms with Gasteiger partial charge in [-0.25, -0.2) is 8.42 Å². The van der Waals surface area contributed by atoms with Gasteiger partial charge in [-0.05, 0) is 12.8 Å². The van der Waals surface area contributed by atoms with Crippen LogP contribution in [0.1, 0.15) is 12.8 Å². The van der Waals surface area contributed by atoms with Crippen molar-refractivity contribution in [1.82, 2.24) is 9.21 Å². The smallest absolute Gasteiger partial charge is 0.233 e. The number of alkyl halides is 1. The van der Waals surface area contributed by atoms with Crippen molar-refractivity contribution in [3.8, 4) is 0 Å². The zero-order valence-corrected chi connectivity index (χ0v) is 11.3. The third kappa shape index (κ3) is 2.41. The molecule has 0 unspecified atom stereocenters. The molecule has 1 heterocycles. The van der Waals surface area contributed by atoms with Crippen LogP contribution in [0.15, 0.2) is 0 Å². The summed E-state index contributed by atoms with van der Waals surface area (Å²) >= 11 is 3.12. The highest BCUT2D eigenvalue weighted by Crippen LogP contribution is 2.31. The normalized spacial score (nSPS) is 23.4. The molecular weight excluding hydrogens is 296 g/mol. The van der Waals surface area contributed by atoms with E-state index in [9.17, 15) is 13.2 Å². The number of sulfonamides is 1. The predicted octanol–water partition coefficient (Wildman–Crippen LogP) is 0.0177. The molecule has 1 aliphatic carbocycles. The van der Waals surface area contributed by atoms with Gasteiger partial charge in [-0.15, -0.1) is 0 Å². The molecule has 0 N–H and O–H groups in total. The molecule has 1 saturated heterocycles. The Hall–Kier alpha value is -0.140. The molecule has 0 radical (unpaired) electrons. The van der Waals surface area contributed by atoms with Crippen LogP contribution in [0.2, 0.25) is 0 Å². The first kappa shape index (κ1) is 12.3. The first-order valence-corrected chi connectivity index (χ1v) is 8.01. The lowest BCUT2D eigenvalue weighted by atomic mass is 10.3. The van der Waals surface area contributed by atoms with Gasteiger partial charge in [0, 0.05) is 26.2 Å². The van der Waals surface area contributed by atoms with Crippen LogP contribution in [0.3, 0.4) is 0 Å². The number of piperazine rings is 1.